The van der Waals surface area contributed by atoms with Gasteiger partial charge in [0.2, 0.25) is 0 Å². The van der Waals surface area contributed by atoms with Crippen LogP contribution in [0.15, 0.2) is 18.2 Å². The first-order chi connectivity index (χ1) is 13.2. The summed E-state index contributed by atoms with van der Waals surface area (Å²) in [5.74, 6) is 0.317. The molecule has 152 valence electrons. The standard InChI is InChI=1S/C23H34F2O2/c1-2-3-4-5-6-7-17-8-10-18(11-9-17)20-15-26-23(27-16-20)19-12-13-21(24)22(25)14-19/h12-14,17-18,20,23H,2-11,15-16H2,1H3/t17-,18-,20-,23-. The lowest BCUT2D eigenvalue weighted by Crippen LogP contribution is -2.34. The average Bonchev–Trinajstić information content (AvgIpc) is 2.71. The first-order valence-corrected chi connectivity index (χ1v) is 10.9. The summed E-state index contributed by atoms with van der Waals surface area (Å²) >= 11 is 0. The molecule has 27 heavy (non-hydrogen) atoms. The van der Waals surface area contributed by atoms with Gasteiger partial charge in [-0.2, -0.15) is 0 Å². The van der Waals surface area contributed by atoms with Crippen molar-refractivity contribution in [2.75, 3.05) is 13.2 Å². The summed E-state index contributed by atoms with van der Waals surface area (Å²) in [6, 6.07) is 3.84. The number of rotatable bonds is 8. The van der Waals surface area contributed by atoms with Crippen molar-refractivity contribution < 1.29 is 18.3 Å². The van der Waals surface area contributed by atoms with E-state index < -0.39 is 17.9 Å². The smallest absolute Gasteiger partial charge is 0.183 e. The quantitative estimate of drug-likeness (QED) is 0.462. The highest BCUT2D eigenvalue weighted by molar-refractivity contribution is 5.19. The first kappa shape index (κ1) is 20.7. The summed E-state index contributed by atoms with van der Waals surface area (Å²) in [4.78, 5) is 0. The molecule has 4 heteroatoms. The minimum Gasteiger partial charge on any atom is -0.348 e. The molecule has 1 saturated carbocycles. The van der Waals surface area contributed by atoms with Gasteiger partial charge >= 0.3 is 0 Å². The number of unbranched alkanes of at least 4 members (excludes halogenated alkanes) is 4. The topological polar surface area (TPSA) is 18.5 Å². The molecule has 0 unspecified atom stereocenters. The van der Waals surface area contributed by atoms with Crippen LogP contribution in [0.3, 0.4) is 0 Å². The zero-order chi connectivity index (χ0) is 19.1. The second kappa shape index (κ2) is 10.5. The van der Waals surface area contributed by atoms with E-state index >= 15 is 0 Å². The minimum atomic E-state index is -0.852. The summed E-state index contributed by atoms with van der Waals surface area (Å²) < 4.78 is 38.2. The number of hydrogen-bond donors (Lipinski definition) is 0. The van der Waals surface area contributed by atoms with Gasteiger partial charge in [-0.1, -0.05) is 64.4 Å². The molecule has 1 saturated heterocycles. The fourth-order valence-corrected chi connectivity index (χ4v) is 4.63. The second-order valence-electron chi connectivity index (χ2n) is 8.42. The SMILES string of the molecule is CCCCCCC[C@H]1CC[C@H]([C@H]2CO[C@H](c3ccc(F)c(F)c3)OC2)CC1. The van der Waals surface area contributed by atoms with Gasteiger partial charge in [0.05, 0.1) is 13.2 Å². The molecule has 1 aliphatic carbocycles. The average molecular weight is 381 g/mol. The molecule has 0 bridgehead atoms. The summed E-state index contributed by atoms with van der Waals surface area (Å²) in [7, 11) is 0. The largest absolute Gasteiger partial charge is 0.348 e. The molecular weight excluding hydrogens is 346 g/mol. The Morgan fingerprint density at radius 1 is 0.852 bits per heavy atom. The number of ether oxygens (including phenoxy) is 2. The van der Waals surface area contributed by atoms with E-state index in [1.165, 1.54) is 76.3 Å². The van der Waals surface area contributed by atoms with Crippen LogP contribution in [0.25, 0.3) is 0 Å². The van der Waals surface area contributed by atoms with E-state index in [1.807, 2.05) is 0 Å². The van der Waals surface area contributed by atoms with Crippen molar-refractivity contribution in [1.82, 2.24) is 0 Å². The molecular formula is C23H34F2O2. The lowest BCUT2D eigenvalue weighted by atomic mass is 9.74. The summed E-state index contributed by atoms with van der Waals surface area (Å²) in [5, 5.41) is 0. The van der Waals surface area contributed by atoms with E-state index in [0.29, 0.717) is 30.6 Å². The van der Waals surface area contributed by atoms with Crippen LogP contribution in [0.2, 0.25) is 0 Å². The number of benzene rings is 1. The van der Waals surface area contributed by atoms with Gasteiger partial charge in [0.25, 0.3) is 0 Å². The molecule has 0 spiro atoms. The Balaban J connectivity index is 1.36. The lowest BCUT2D eigenvalue weighted by molar-refractivity contribution is -0.214. The van der Waals surface area contributed by atoms with Crippen LogP contribution in [0.1, 0.15) is 83.0 Å². The Hall–Kier alpha value is -1.00. The van der Waals surface area contributed by atoms with Gasteiger partial charge in [0.15, 0.2) is 17.9 Å². The van der Waals surface area contributed by atoms with Crippen LogP contribution >= 0.6 is 0 Å². The molecule has 0 amide bonds. The van der Waals surface area contributed by atoms with Crippen LogP contribution in [0, 0.1) is 29.4 Å². The van der Waals surface area contributed by atoms with Crippen molar-refractivity contribution in [2.45, 2.75) is 77.4 Å². The molecule has 0 radical (unpaired) electrons. The molecule has 0 N–H and O–H groups in total. The monoisotopic (exact) mass is 380 g/mol. The molecule has 2 fully saturated rings. The van der Waals surface area contributed by atoms with E-state index in [1.54, 1.807) is 0 Å². The molecule has 3 rings (SSSR count). The Labute approximate surface area is 162 Å². The third kappa shape index (κ3) is 5.99. The predicted octanol–water partition coefficient (Wildman–Crippen LogP) is 6.79. The number of hydrogen-bond acceptors (Lipinski definition) is 2. The summed E-state index contributed by atoms with van der Waals surface area (Å²) in [6.45, 7) is 3.56. The zero-order valence-electron chi connectivity index (χ0n) is 16.6. The van der Waals surface area contributed by atoms with Crippen LogP contribution in [-0.2, 0) is 9.47 Å². The van der Waals surface area contributed by atoms with Crippen molar-refractivity contribution in [2.24, 2.45) is 17.8 Å². The van der Waals surface area contributed by atoms with E-state index in [0.717, 1.165) is 12.0 Å². The van der Waals surface area contributed by atoms with Crippen LogP contribution in [0.5, 0.6) is 0 Å². The molecule has 1 aromatic rings. The maximum Gasteiger partial charge on any atom is 0.183 e. The van der Waals surface area contributed by atoms with Crippen molar-refractivity contribution in [1.29, 1.82) is 0 Å². The molecule has 1 heterocycles. The van der Waals surface area contributed by atoms with Gasteiger partial charge in [-0.05, 0) is 36.8 Å². The van der Waals surface area contributed by atoms with Gasteiger partial charge in [0.1, 0.15) is 0 Å². The van der Waals surface area contributed by atoms with Crippen LogP contribution in [0.4, 0.5) is 8.78 Å². The van der Waals surface area contributed by atoms with E-state index in [-0.39, 0.29) is 0 Å². The molecule has 2 nitrogen and oxygen atoms in total. The van der Waals surface area contributed by atoms with Crippen molar-refractivity contribution in [3.05, 3.63) is 35.4 Å². The lowest BCUT2D eigenvalue weighted by Gasteiger charge is -2.38. The van der Waals surface area contributed by atoms with Gasteiger partial charge in [-0.15, -0.1) is 0 Å². The number of halogens is 2. The Morgan fingerprint density at radius 2 is 1.56 bits per heavy atom. The van der Waals surface area contributed by atoms with Gasteiger partial charge < -0.3 is 9.47 Å². The first-order valence-electron chi connectivity index (χ1n) is 10.9. The van der Waals surface area contributed by atoms with Gasteiger partial charge in [-0.3, -0.25) is 0 Å². The maximum absolute atomic E-state index is 13.4. The third-order valence-corrected chi connectivity index (χ3v) is 6.41. The molecule has 0 aromatic heterocycles. The molecule has 2 aliphatic rings. The predicted molar refractivity (Wildman–Crippen MR) is 103 cm³/mol. The van der Waals surface area contributed by atoms with Crippen LogP contribution < -0.4 is 0 Å². The van der Waals surface area contributed by atoms with E-state index in [9.17, 15) is 8.78 Å². The summed E-state index contributed by atoms with van der Waals surface area (Å²) in [5.41, 5.74) is 0.555. The highest BCUT2D eigenvalue weighted by atomic mass is 19.2. The van der Waals surface area contributed by atoms with Gasteiger partial charge in [0, 0.05) is 11.5 Å². The summed E-state index contributed by atoms with van der Waals surface area (Å²) in [6.07, 6.45) is 12.9. The second-order valence-corrected chi connectivity index (χ2v) is 8.42. The Kier molecular flexibility index (Phi) is 8.07. The fourth-order valence-electron chi connectivity index (χ4n) is 4.63. The minimum absolute atomic E-state index is 0.428. The third-order valence-electron chi connectivity index (χ3n) is 6.41. The van der Waals surface area contributed by atoms with E-state index in [4.69, 9.17) is 9.47 Å². The van der Waals surface area contributed by atoms with Gasteiger partial charge in [-0.25, -0.2) is 8.78 Å². The highest BCUT2D eigenvalue weighted by Gasteiger charge is 2.32. The van der Waals surface area contributed by atoms with Crippen molar-refractivity contribution in [3.8, 4) is 0 Å². The molecule has 0 atom stereocenters. The highest BCUT2D eigenvalue weighted by Crippen LogP contribution is 2.38. The Bertz CT molecular complexity index is 561. The molecule has 1 aromatic carbocycles. The normalized spacial score (nSPS) is 29.0. The fraction of sp³-hybridized carbons (Fsp3) is 0.739. The van der Waals surface area contributed by atoms with Crippen LogP contribution in [-0.4, -0.2) is 13.2 Å². The Morgan fingerprint density at radius 3 is 2.22 bits per heavy atom. The molecule has 1 aliphatic heterocycles. The van der Waals surface area contributed by atoms with Crippen molar-refractivity contribution >= 4 is 0 Å². The van der Waals surface area contributed by atoms with E-state index in [2.05, 4.69) is 6.92 Å². The van der Waals surface area contributed by atoms with Crippen molar-refractivity contribution in [3.63, 3.8) is 0 Å². The maximum atomic E-state index is 13.4. The zero-order valence-corrected chi connectivity index (χ0v) is 16.6.